The van der Waals surface area contributed by atoms with Gasteiger partial charge < -0.3 is 0 Å². The summed E-state index contributed by atoms with van der Waals surface area (Å²) >= 11 is 6.91. The van der Waals surface area contributed by atoms with Crippen molar-refractivity contribution in [3.63, 3.8) is 0 Å². The Morgan fingerprint density at radius 3 is 1.94 bits per heavy atom. The number of rotatable bonds is 8. The molecule has 2 aromatic rings. The van der Waals surface area contributed by atoms with E-state index in [9.17, 15) is 44.3 Å². The number of sulfonamides is 1. The second-order valence-electron chi connectivity index (χ2n) is 7.15. The molecule has 0 aliphatic heterocycles. The highest BCUT2D eigenvalue weighted by Crippen LogP contribution is 2.37. The molecule has 0 aliphatic carbocycles. The molecule has 198 valence electrons. The summed E-state index contributed by atoms with van der Waals surface area (Å²) in [4.78, 5) is 23.4. The number of benzene rings is 2. The fourth-order valence-electron chi connectivity index (χ4n) is 2.70. The molecule has 3 N–H and O–H groups in total. The van der Waals surface area contributed by atoms with Crippen molar-refractivity contribution in [2.75, 3.05) is 12.0 Å². The summed E-state index contributed by atoms with van der Waals surface area (Å²) in [5.74, 6) is -1.71. The highest BCUT2D eigenvalue weighted by atomic mass is 35.5. The number of carbonyl (C=O) groups is 2. The quantitative estimate of drug-likeness (QED) is 0.322. The van der Waals surface area contributed by atoms with Crippen LogP contribution in [0.2, 0.25) is 5.02 Å². The van der Waals surface area contributed by atoms with Crippen molar-refractivity contribution in [3.8, 4) is 0 Å². The van der Waals surface area contributed by atoms with Gasteiger partial charge >= 0.3 is 12.4 Å². The van der Waals surface area contributed by atoms with Crippen molar-refractivity contribution in [2.45, 2.75) is 29.7 Å². The third-order valence-corrected chi connectivity index (χ3v) is 6.85. The zero-order valence-electron chi connectivity index (χ0n) is 18.1. The Bertz CT molecular complexity index is 1170. The summed E-state index contributed by atoms with van der Waals surface area (Å²) in [5.41, 5.74) is 0.437. The fourth-order valence-corrected chi connectivity index (χ4v) is 4.59. The average Bonchev–Trinajstić information content (AvgIpc) is 2.79. The first-order chi connectivity index (χ1) is 16.5. The Labute approximate surface area is 211 Å². The van der Waals surface area contributed by atoms with Crippen LogP contribution in [0.25, 0.3) is 0 Å². The lowest BCUT2D eigenvalue weighted by Gasteiger charge is -2.20. The molecule has 0 saturated carbocycles. The summed E-state index contributed by atoms with van der Waals surface area (Å²) in [6.07, 6.45) is -9.12. The second kappa shape index (κ2) is 11.7. The van der Waals surface area contributed by atoms with Gasteiger partial charge in [-0.1, -0.05) is 11.6 Å². The van der Waals surface area contributed by atoms with Crippen LogP contribution in [0, 0.1) is 0 Å². The Hall–Kier alpha value is -2.49. The van der Waals surface area contributed by atoms with Gasteiger partial charge in [-0.05, 0) is 60.9 Å². The van der Waals surface area contributed by atoms with Crippen LogP contribution in [0.4, 0.5) is 26.3 Å². The smallest absolute Gasteiger partial charge is 0.271 e. The van der Waals surface area contributed by atoms with Crippen LogP contribution in [0.3, 0.4) is 0 Å². The molecule has 36 heavy (non-hydrogen) atoms. The van der Waals surface area contributed by atoms with Gasteiger partial charge in [0.15, 0.2) is 0 Å². The predicted octanol–water partition coefficient (Wildman–Crippen LogP) is 4.24. The average molecular weight is 578 g/mol. The van der Waals surface area contributed by atoms with Gasteiger partial charge in [0.25, 0.3) is 11.8 Å². The number of carbonyl (C=O) groups excluding carboxylic acids is 2. The molecule has 0 heterocycles. The van der Waals surface area contributed by atoms with Crippen molar-refractivity contribution in [2.24, 2.45) is 0 Å². The molecule has 0 unspecified atom stereocenters. The zero-order valence-corrected chi connectivity index (χ0v) is 20.5. The van der Waals surface area contributed by atoms with Crippen molar-refractivity contribution < 1.29 is 44.3 Å². The maximum atomic E-state index is 13.1. The number of alkyl halides is 6. The Morgan fingerprint density at radius 1 is 0.944 bits per heavy atom. The topological polar surface area (TPSA) is 104 Å². The van der Waals surface area contributed by atoms with E-state index in [0.29, 0.717) is 5.02 Å². The Kier molecular flexibility index (Phi) is 9.67. The number of hydrazine groups is 1. The zero-order chi connectivity index (χ0) is 27.3. The molecule has 2 aromatic carbocycles. The maximum Gasteiger partial charge on any atom is 0.416 e. The molecule has 2 amide bonds. The SMILES string of the molecule is CSCC[C@H](NS(=O)(=O)c1cc(C(F)(F)F)cc(C(F)(F)F)c1)C(=O)NNC(=O)c1ccc(Cl)cc1. The molecule has 0 aromatic heterocycles. The summed E-state index contributed by atoms with van der Waals surface area (Å²) in [6.45, 7) is 0. The normalized spacial score (nSPS) is 13.2. The lowest BCUT2D eigenvalue weighted by molar-refractivity contribution is -0.143. The molecule has 2 rings (SSSR count). The molecule has 0 saturated heterocycles. The molecule has 0 radical (unpaired) electrons. The van der Waals surface area contributed by atoms with Gasteiger partial charge in [0.1, 0.15) is 6.04 Å². The van der Waals surface area contributed by atoms with Crippen LogP contribution >= 0.6 is 23.4 Å². The molecular formula is C20H18ClF6N3O4S2. The van der Waals surface area contributed by atoms with Gasteiger partial charge in [0, 0.05) is 10.6 Å². The van der Waals surface area contributed by atoms with Gasteiger partial charge in [-0.2, -0.15) is 42.8 Å². The summed E-state index contributed by atoms with van der Waals surface area (Å²) in [6, 6.07) is 3.68. The van der Waals surface area contributed by atoms with Gasteiger partial charge in [0.05, 0.1) is 16.0 Å². The third kappa shape index (κ3) is 8.28. The van der Waals surface area contributed by atoms with Crippen molar-refractivity contribution in [1.82, 2.24) is 15.6 Å². The third-order valence-electron chi connectivity index (χ3n) is 4.50. The van der Waals surface area contributed by atoms with Crippen molar-refractivity contribution >= 4 is 45.2 Å². The van der Waals surface area contributed by atoms with Crippen LogP contribution in [-0.2, 0) is 27.2 Å². The number of hydrogen-bond acceptors (Lipinski definition) is 5. The second-order valence-corrected chi connectivity index (χ2v) is 10.3. The lowest BCUT2D eigenvalue weighted by atomic mass is 10.1. The molecule has 0 bridgehead atoms. The minimum absolute atomic E-state index is 0.0312. The summed E-state index contributed by atoms with van der Waals surface area (Å²) < 4.78 is 106. The van der Waals surface area contributed by atoms with E-state index in [4.69, 9.17) is 11.6 Å². The van der Waals surface area contributed by atoms with Crippen LogP contribution in [0.15, 0.2) is 47.4 Å². The van der Waals surface area contributed by atoms with Gasteiger partial charge in [0.2, 0.25) is 10.0 Å². The van der Waals surface area contributed by atoms with E-state index in [1.165, 1.54) is 36.0 Å². The fraction of sp³-hybridized carbons (Fsp3) is 0.300. The molecule has 7 nitrogen and oxygen atoms in total. The number of halogens is 7. The van der Waals surface area contributed by atoms with Gasteiger partial charge in [-0.15, -0.1) is 0 Å². The summed E-state index contributed by atoms with van der Waals surface area (Å²) in [5, 5.41) is 0.338. The highest BCUT2D eigenvalue weighted by Gasteiger charge is 2.39. The molecule has 0 fully saturated rings. The summed E-state index contributed by atoms with van der Waals surface area (Å²) in [7, 11) is -5.04. The van der Waals surface area contributed by atoms with Crippen LogP contribution in [0.1, 0.15) is 27.9 Å². The number of amides is 2. The van der Waals surface area contributed by atoms with Crippen molar-refractivity contribution in [3.05, 3.63) is 64.2 Å². The van der Waals surface area contributed by atoms with Gasteiger partial charge in [-0.25, -0.2) is 8.42 Å². The number of nitrogens with one attached hydrogen (secondary N) is 3. The van der Waals surface area contributed by atoms with E-state index >= 15 is 0 Å². The van der Waals surface area contributed by atoms with E-state index in [0.717, 1.165) is 0 Å². The molecular weight excluding hydrogens is 560 g/mol. The molecule has 16 heteroatoms. The highest BCUT2D eigenvalue weighted by molar-refractivity contribution is 7.98. The van der Waals surface area contributed by atoms with E-state index in [1.54, 1.807) is 6.26 Å². The van der Waals surface area contributed by atoms with Crippen LogP contribution < -0.4 is 15.6 Å². The first kappa shape index (κ1) is 29.7. The monoisotopic (exact) mass is 577 g/mol. The largest absolute Gasteiger partial charge is 0.416 e. The Morgan fingerprint density at radius 2 is 1.47 bits per heavy atom. The lowest BCUT2D eigenvalue weighted by Crippen LogP contribution is -2.52. The number of hydrogen-bond donors (Lipinski definition) is 3. The minimum atomic E-state index is -5.27. The first-order valence-electron chi connectivity index (χ1n) is 9.71. The molecule has 1 atom stereocenters. The van der Waals surface area contributed by atoms with E-state index < -0.39 is 56.3 Å². The first-order valence-corrected chi connectivity index (χ1v) is 13.0. The Balaban J connectivity index is 2.29. The van der Waals surface area contributed by atoms with E-state index in [1.807, 2.05) is 15.6 Å². The predicted molar refractivity (Wildman–Crippen MR) is 121 cm³/mol. The maximum absolute atomic E-state index is 13.1. The van der Waals surface area contributed by atoms with E-state index in [-0.39, 0.29) is 35.9 Å². The van der Waals surface area contributed by atoms with E-state index in [2.05, 4.69) is 0 Å². The minimum Gasteiger partial charge on any atom is -0.271 e. The molecule has 0 aliphatic rings. The molecule has 0 spiro atoms. The standard InChI is InChI=1S/C20H18ClF6N3O4S2/c1-35-7-6-16(18(32)29-28-17(31)11-2-4-14(21)5-3-11)30-36(33,34)15-9-12(19(22,23)24)8-13(10-15)20(25,26)27/h2-5,8-10,16,30H,6-7H2,1H3,(H,28,31)(H,29,32)/t16-/m0/s1. The van der Waals surface area contributed by atoms with Crippen LogP contribution in [-0.4, -0.2) is 38.3 Å². The van der Waals surface area contributed by atoms with Crippen LogP contribution in [0.5, 0.6) is 0 Å². The van der Waals surface area contributed by atoms with Gasteiger partial charge in [-0.3, -0.25) is 20.4 Å². The number of thioether (sulfide) groups is 1. The van der Waals surface area contributed by atoms with Crippen molar-refractivity contribution in [1.29, 1.82) is 0 Å².